The Balaban J connectivity index is 2.17. The summed E-state index contributed by atoms with van der Waals surface area (Å²) in [5, 5.41) is 17.5. The van der Waals surface area contributed by atoms with E-state index >= 15 is 0 Å². The monoisotopic (exact) mass is 292 g/mol. The Morgan fingerprint density at radius 3 is 2.62 bits per heavy atom. The fraction of sp³-hybridized carbons (Fsp3) is 0.667. The summed E-state index contributed by atoms with van der Waals surface area (Å²) in [7, 11) is 0. The zero-order valence-electron chi connectivity index (χ0n) is 12.9. The van der Waals surface area contributed by atoms with E-state index in [1.165, 1.54) is 25.0 Å². The molecule has 0 spiro atoms. The molecule has 1 heterocycles. The molecule has 0 bridgehead atoms. The maximum atomic E-state index is 11.0. The number of aromatic nitrogens is 1. The molecule has 6 nitrogen and oxygen atoms in total. The van der Waals surface area contributed by atoms with Crippen molar-refractivity contribution in [2.45, 2.75) is 46.1 Å². The fourth-order valence-electron chi connectivity index (χ4n) is 3.18. The van der Waals surface area contributed by atoms with Gasteiger partial charge < -0.3 is 10.6 Å². The van der Waals surface area contributed by atoms with Crippen LogP contribution in [0.25, 0.3) is 0 Å². The molecule has 1 aliphatic carbocycles. The smallest absolute Gasteiger partial charge is 0.276 e. The van der Waals surface area contributed by atoms with Crippen LogP contribution in [0.3, 0.4) is 0 Å². The Morgan fingerprint density at radius 2 is 2.05 bits per heavy atom. The SMILES string of the molecule is CCNc1cc([N+](=O)[O-])cc(NC2CCC(CC)C2C)n1. The van der Waals surface area contributed by atoms with Crippen LogP contribution in [0.2, 0.25) is 0 Å². The highest BCUT2D eigenvalue weighted by Crippen LogP contribution is 2.36. The number of hydrogen-bond acceptors (Lipinski definition) is 5. The van der Waals surface area contributed by atoms with Crippen LogP contribution in [0.5, 0.6) is 0 Å². The van der Waals surface area contributed by atoms with Gasteiger partial charge in [0.05, 0.1) is 17.1 Å². The van der Waals surface area contributed by atoms with Crippen LogP contribution >= 0.6 is 0 Å². The molecular weight excluding hydrogens is 268 g/mol. The molecule has 1 aromatic heterocycles. The van der Waals surface area contributed by atoms with Gasteiger partial charge in [-0.25, -0.2) is 4.98 Å². The molecule has 0 radical (unpaired) electrons. The highest BCUT2D eigenvalue weighted by atomic mass is 16.6. The van der Waals surface area contributed by atoms with Crippen molar-refractivity contribution in [1.29, 1.82) is 0 Å². The summed E-state index contributed by atoms with van der Waals surface area (Å²) < 4.78 is 0. The fourth-order valence-corrected chi connectivity index (χ4v) is 3.18. The minimum atomic E-state index is -0.374. The van der Waals surface area contributed by atoms with Gasteiger partial charge in [0.2, 0.25) is 0 Å². The Morgan fingerprint density at radius 1 is 1.33 bits per heavy atom. The number of rotatable bonds is 6. The molecule has 2 rings (SSSR count). The van der Waals surface area contributed by atoms with Gasteiger partial charge in [-0.1, -0.05) is 20.3 Å². The third-order valence-electron chi connectivity index (χ3n) is 4.46. The summed E-state index contributed by atoms with van der Waals surface area (Å²) in [6.45, 7) is 7.10. The third kappa shape index (κ3) is 3.62. The predicted octanol–water partition coefficient (Wildman–Crippen LogP) is 3.66. The number of anilines is 2. The second kappa shape index (κ2) is 6.74. The molecule has 1 aromatic rings. The van der Waals surface area contributed by atoms with Gasteiger partial charge in [-0.3, -0.25) is 10.1 Å². The van der Waals surface area contributed by atoms with Gasteiger partial charge in [-0.05, 0) is 31.6 Å². The van der Waals surface area contributed by atoms with Crippen molar-refractivity contribution in [2.24, 2.45) is 11.8 Å². The molecular formula is C15H24N4O2. The second-order valence-electron chi connectivity index (χ2n) is 5.74. The maximum absolute atomic E-state index is 11.0. The molecule has 3 unspecified atom stereocenters. The van der Waals surface area contributed by atoms with Crippen molar-refractivity contribution in [3.63, 3.8) is 0 Å². The van der Waals surface area contributed by atoms with Crippen molar-refractivity contribution >= 4 is 17.3 Å². The second-order valence-corrected chi connectivity index (χ2v) is 5.74. The summed E-state index contributed by atoms with van der Waals surface area (Å²) in [4.78, 5) is 15.1. The lowest BCUT2D eigenvalue weighted by Crippen LogP contribution is -2.25. The van der Waals surface area contributed by atoms with E-state index in [4.69, 9.17) is 0 Å². The van der Waals surface area contributed by atoms with Crippen LogP contribution in [0.15, 0.2) is 12.1 Å². The summed E-state index contributed by atoms with van der Waals surface area (Å²) >= 11 is 0. The molecule has 0 amide bonds. The van der Waals surface area contributed by atoms with Crippen LogP contribution in [0, 0.1) is 22.0 Å². The highest BCUT2D eigenvalue weighted by Gasteiger charge is 2.31. The Bertz CT molecular complexity index is 506. The molecule has 0 aromatic carbocycles. The minimum Gasteiger partial charge on any atom is -0.370 e. The quantitative estimate of drug-likeness (QED) is 0.618. The van der Waals surface area contributed by atoms with E-state index in [9.17, 15) is 10.1 Å². The number of nitrogens with one attached hydrogen (secondary N) is 2. The van der Waals surface area contributed by atoms with E-state index in [0.717, 1.165) is 12.3 Å². The Kier molecular flexibility index (Phi) is 4.98. The molecule has 3 atom stereocenters. The van der Waals surface area contributed by atoms with E-state index in [1.54, 1.807) is 0 Å². The molecule has 116 valence electrons. The summed E-state index contributed by atoms with van der Waals surface area (Å²) in [6.07, 6.45) is 3.50. The molecule has 1 aliphatic rings. The molecule has 0 aliphatic heterocycles. The number of nitro groups is 1. The molecule has 21 heavy (non-hydrogen) atoms. The standard InChI is InChI=1S/C15H24N4O2/c1-4-11-6-7-13(10(11)3)17-15-9-12(19(20)21)8-14(18-15)16-5-2/h8-11,13H,4-7H2,1-3H3,(H2,16,17,18). The van der Waals surface area contributed by atoms with Gasteiger partial charge in [-0.2, -0.15) is 0 Å². The van der Waals surface area contributed by atoms with E-state index in [1.807, 2.05) is 6.92 Å². The lowest BCUT2D eigenvalue weighted by Gasteiger charge is -2.21. The zero-order valence-corrected chi connectivity index (χ0v) is 12.9. The van der Waals surface area contributed by atoms with Crippen LogP contribution in [0.4, 0.5) is 17.3 Å². The largest absolute Gasteiger partial charge is 0.370 e. The summed E-state index contributed by atoms with van der Waals surface area (Å²) in [5.74, 6) is 2.44. The summed E-state index contributed by atoms with van der Waals surface area (Å²) in [6, 6.07) is 3.34. The van der Waals surface area contributed by atoms with Crippen molar-refractivity contribution in [3.05, 3.63) is 22.2 Å². The van der Waals surface area contributed by atoms with E-state index in [-0.39, 0.29) is 10.6 Å². The van der Waals surface area contributed by atoms with Crippen molar-refractivity contribution < 1.29 is 4.92 Å². The van der Waals surface area contributed by atoms with Gasteiger partial charge in [0.1, 0.15) is 11.6 Å². The van der Waals surface area contributed by atoms with Gasteiger partial charge in [0.25, 0.3) is 5.69 Å². The van der Waals surface area contributed by atoms with Crippen LogP contribution in [0.1, 0.15) is 40.0 Å². The average Bonchev–Trinajstić information content (AvgIpc) is 2.79. The van der Waals surface area contributed by atoms with E-state index in [2.05, 4.69) is 29.5 Å². The van der Waals surface area contributed by atoms with Crippen LogP contribution in [-0.4, -0.2) is 22.5 Å². The maximum Gasteiger partial charge on any atom is 0.276 e. The summed E-state index contributed by atoms with van der Waals surface area (Å²) in [5.41, 5.74) is 0.0705. The van der Waals surface area contributed by atoms with Crippen LogP contribution in [-0.2, 0) is 0 Å². The first-order valence-electron chi connectivity index (χ1n) is 7.72. The Labute approximate surface area is 125 Å². The van der Waals surface area contributed by atoms with E-state index in [0.29, 0.717) is 30.1 Å². The minimum absolute atomic E-state index is 0.0705. The molecule has 0 saturated heterocycles. The van der Waals surface area contributed by atoms with Crippen molar-refractivity contribution in [2.75, 3.05) is 17.2 Å². The molecule has 1 saturated carbocycles. The first-order chi connectivity index (χ1) is 10.0. The topological polar surface area (TPSA) is 80.1 Å². The van der Waals surface area contributed by atoms with Gasteiger partial charge in [0, 0.05) is 12.6 Å². The van der Waals surface area contributed by atoms with Gasteiger partial charge in [0.15, 0.2) is 0 Å². The first kappa shape index (κ1) is 15.5. The number of nitrogens with zero attached hydrogens (tertiary/aromatic N) is 2. The zero-order chi connectivity index (χ0) is 15.4. The average molecular weight is 292 g/mol. The van der Waals surface area contributed by atoms with E-state index < -0.39 is 0 Å². The highest BCUT2D eigenvalue weighted by molar-refractivity contribution is 5.55. The first-order valence-corrected chi connectivity index (χ1v) is 7.72. The lowest BCUT2D eigenvalue weighted by molar-refractivity contribution is -0.384. The lowest BCUT2D eigenvalue weighted by atomic mass is 9.93. The molecule has 2 N–H and O–H groups in total. The molecule has 1 fully saturated rings. The van der Waals surface area contributed by atoms with Crippen molar-refractivity contribution in [3.8, 4) is 0 Å². The molecule has 6 heteroatoms. The third-order valence-corrected chi connectivity index (χ3v) is 4.46. The van der Waals surface area contributed by atoms with Gasteiger partial charge >= 0.3 is 0 Å². The predicted molar refractivity (Wildman–Crippen MR) is 84.6 cm³/mol. The normalized spacial score (nSPS) is 24.8. The van der Waals surface area contributed by atoms with Gasteiger partial charge in [-0.15, -0.1) is 0 Å². The number of pyridine rings is 1. The Hall–Kier alpha value is -1.85. The van der Waals surface area contributed by atoms with Crippen molar-refractivity contribution in [1.82, 2.24) is 4.98 Å². The number of hydrogen-bond donors (Lipinski definition) is 2. The van der Waals surface area contributed by atoms with Crippen LogP contribution < -0.4 is 10.6 Å².